The molecule has 14 nitrogen and oxygen atoms in total. The lowest BCUT2D eigenvalue weighted by atomic mass is 9.92. The van der Waals surface area contributed by atoms with E-state index in [0.29, 0.717) is 48.4 Å². The molecule has 5 aliphatic rings. The SMILES string of the molecule is C=C1CCC(N2C(=O)c3ccc(N4CCN(CCCOC5CC(Oc6ccc(CN7C(=O)/C(=C\C=C\c8ccc([N+](=O)[O-])cc8)c8ccccc87)cc6)C5)CC4)cc3C2=O)C(=O)N1. The number of nitro benzene ring substituents is 1. The van der Waals surface area contributed by atoms with Crippen LogP contribution in [0, 0.1) is 10.1 Å². The Morgan fingerprint density at radius 1 is 0.825 bits per heavy atom. The molecule has 4 aromatic carbocycles. The molecule has 1 N–H and O–H groups in total. The summed E-state index contributed by atoms with van der Waals surface area (Å²) in [5.74, 6) is -0.503. The summed E-state index contributed by atoms with van der Waals surface area (Å²) >= 11 is 0. The fraction of sp³-hybridized carbons (Fsp3) is 0.306. The summed E-state index contributed by atoms with van der Waals surface area (Å²) in [7, 11) is 0. The van der Waals surface area contributed by atoms with E-state index >= 15 is 0 Å². The summed E-state index contributed by atoms with van der Waals surface area (Å²) in [6.07, 6.45) is 9.19. The number of fused-ring (bicyclic) bond motifs is 2. The van der Waals surface area contributed by atoms with Gasteiger partial charge in [0.05, 0.1) is 34.4 Å². The number of nitrogens with zero attached hydrogens (tertiary/aromatic N) is 5. The number of piperidine rings is 1. The van der Waals surface area contributed by atoms with E-state index in [2.05, 4.69) is 21.7 Å². The van der Waals surface area contributed by atoms with Gasteiger partial charge in [0.2, 0.25) is 5.91 Å². The Morgan fingerprint density at radius 3 is 2.32 bits per heavy atom. The predicted molar refractivity (Wildman–Crippen MR) is 238 cm³/mol. The second kappa shape index (κ2) is 17.8. The molecule has 4 heterocycles. The second-order valence-corrected chi connectivity index (χ2v) is 16.6. The minimum Gasteiger partial charge on any atom is -0.490 e. The number of hydrogen-bond acceptors (Lipinski definition) is 10. The standard InChI is InChI=1S/C49H48N6O8/c1-32-10-21-45(46(56)50-32)54-48(58)42-20-17-36(28-43(42)49(54)59)52-25-23-51(24-26-52)22-5-27-62-38-29-39(30-38)63-37-18-13-34(14-19-37)31-53-44-9-3-2-7-40(44)41(47(53)57)8-4-6-33-11-15-35(16-12-33)55(60)61/h2-4,6-9,11-20,28,38-39,45H,1,5,10,21-27,29-31H2,(H,50,56)/b6-4+,41-8-. The van der Waals surface area contributed by atoms with E-state index in [4.69, 9.17) is 9.47 Å². The van der Waals surface area contributed by atoms with Crippen LogP contribution in [0.15, 0.2) is 115 Å². The molecule has 0 bridgehead atoms. The first kappa shape index (κ1) is 41.5. The Balaban J connectivity index is 0.681. The lowest BCUT2D eigenvalue weighted by molar-refractivity contribution is -0.384. The predicted octanol–water partition coefficient (Wildman–Crippen LogP) is 6.77. The van der Waals surface area contributed by atoms with E-state index in [1.807, 2.05) is 60.7 Å². The van der Waals surface area contributed by atoms with Crippen LogP contribution in [0.25, 0.3) is 11.6 Å². The van der Waals surface area contributed by atoms with Crippen molar-refractivity contribution in [3.63, 3.8) is 0 Å². The second-order valence-electron chi connectivity index (χ2n) is 16.6. The minimum absolute atomic E-state index is 0.0296. The van der Waals surface area contributed by atoms with Crippen LogP contribution in [0.4, 0.5) is 17.1 Å². The quantitative estimate of drug-likeness (QED) is 0.0473. The highest BCUT2D eigenvalue weighted by Gasteiger charge is 2.44. The van der Waals surface area contributed by atoms with Gasteiger partial charge < -0.3 is 24.6 Å². The maximum atomic E-state index is 13.6. The fourth-order valence-electron chi connectivity index (χ4n) is 8.89. The molecule has 1 saturated carbocycles. The highest BCUT2D eigenvalue weighted by atomic mass is 16.6. The van der Waals surface area contributed by atoms with Gasteiger partial charge in [0.15, 0.2) is 0 Å². The molecular formula is C49H48N6O8. The number of non-ortho nitro benzene ring substituents is 1. The zero-order valence-corrected chi connectivity index (χ0v) is 34.8. The van der Waals surface area contributed by atoms with Gasteiger partial charge in [0.25, 0.3) is 23.4 Å². The first-order valence-corrected chi connectivity index (χ1v) is 21.5. The highest BCUT2D eigenvalue weighted by molar-refractivity contribution is 6.32. The molecule has 1 atom stereocenters. The summed E-state index contributed by atoms with van der Waals surface area (Å²) in [6, 6.07) is 26.5. The van der Waals surface area contributed by atoms with Gasteiger partial charge in [-0.3, -0.25) is 39.1 Å². The van der Waals surface area contributed by atoms with Crippen LogP contribution in [0.2, 0.25) is 0 Å². The molecule has 63 heavy (non-hydrogen) atoms. The third kappa shape index (κ3) is 8.77. The number of imide groups is 1. The number of amides is 4. The van der Waals surface area contributed by atoms with Gasteiger partial charge in [0.1, 0.15) is 17.9 Å². The first-order chi connectivity index (χ1) is 30.6. The molecule has 4 amide bonds. The molecular weight excluding hydrogens is 801 g/mol. The van der Waals surface area contributed by atoms with Gasteiger partial charge in [-0.05, 0) is 85.0 Å². The zero-order valence-electron chi connectivity index (χ0n) is 34.8. The van der Waals surface area contributed by atoms with Crippen LogP contribution in [-0.4, -0.2) is 95.9 Å². The zero-order chi connectivity index (χ0) is 43.6. The molecule has 2 saturated heterocycles. The molecule has 9 rings (SSSR count). The van der Waals surface area contributed by atoms with Crippen molar-refractivity contribution in [2.45, 2.75) is 56.9 Å². The lowest BCUT2D eigenvalue weighted by Gasteiger charge is -2.37. The number of carbonyl (C=O) groups excluding carboxylic acids is 4. The van der Waals surface area contributed by atoms with Crippen LogP contribution in [0.3, 0.4) is 0 Å². The average molecular weight is 849 g/mol. The number of benzene rings is 4. The molecule has 0 radical (unpaired) electrons. The Bertz CT molecular complexity index is 2520. The van der Waals surface area contributed by atoms with Crippen LogP contribution in [0.5, 0.6) is 5.75 Å². The van der Waals surface area contributed by atoms with Gasteiger partial charge >= 0.3 is 0 Å². The van der Waals surface area contributed by atoms with Crippen molar-refractivity contribution in [1.29, 1.82) is 0 Å². The van der Waals surface area contributed by atoms with Gasteiger partial charge in [0, 0.05) is 86.8 Å². The third-order valence-electron chi connectivity index (χ3n) is 12.5. The third-order valence-corrected chi connectivity index (χ3v) is 12.5. The van der Waals surface area contributed by atoms with Crippen LogP contribution in [-0.2, 0) is 20.9 Å². The van der Waals surface area contributed by atoms with Crippen molar-refractivity contribution in [3.05, 3.63) is 153 Å². The van der Waals surface area contributed by atoms with E-state index in [1.165, 1.54) is 12.1 Å². The smallest absolute Gasteiger partial charge is 0.269 e. The number of piperazine rings is 1. The van der Waals surface area contributed by atoms with Gasteiger partial charge in [-0.2, -0.15) is 0 Å². The van der Waals surface area contributed by atoms with E-state index < -0.39 is 22.8 Å². The van der Waals surface area contributed by atoms with Gasteiger partial charge in [-0.1, -0.05) is 49.1 Å². The molecule has 322 valence electrons. The summed E-state index contributed by atoms with van der Waals surface area (Å²) in [5.41, 5.74) is 6.31. The Labute approximate surface area is 365 Å². The maximum Gasteiger partial charge on any atom is 0.269 e. The average Bonchev–Trinajstić information content (AvgIpc) is 3.68. The summed E-state index contributed by atoms with van der Waals surface area (Å²) in [6.45, 7) is 9.19. The molecule has 4 aromatic rings. The molecule has 4 aliphatic heterocycles. The van der Waals surface area contributed by atoms with Gasteiger partial charge in [-0.15, -0.1) is 0 Å². The minimum atomic E-state index is -0.820. The van der Waals surface area contributed by atoms with E-state index in [0.717, 1.165) is 90.7 Å². The van der Waals surface area contributed by atoms with Crippen LogP contribution < -0.4 is 19.9 Å². The largest absolute Gasteiger partial charge is 0.490 e. The molecule has 1 aliphatic carbocycles. The molecule has 0 spiro atoms. The number of hydrogen-bond donors (Lipinski definition) is 1. The van der Waals surface area contributed by atoms with Crippen molar-refractivity contribution in [3.8, 4) is 5.75 Å². The lowest BCUT2D eigenvalue weighted by Crippen LogP contribution is -2.51. The molecule has 3 fully saturated rings. The maximum absolute atomic E-state index is 13.6. The number of nitro groups is 1. The number of carbonyl (C=O) groups is 4. The number of anilines is 2. The normalized spacial score (nSPS) is 21.8. The fourth-order valence-corrected chi connectivity index (χ4v) is 8.89. The number of nitrogens with one attached hydrogen (secondary N) is 1. The number of rotatable bonds is 14. The Morgan fingerprint density at radius 2 is 1.57 bits per heavy atom. The molecule has 14 heteroatoms. The number of para-hydroxylation sites is 1. The van der Waals surface area contributed by atoms with E-state index in [9.17, 15) is 29.3 Å². The van der Waals surface area contributed by atoms with Crippen molar-refractivity contribution in [2.75, 3.05) is 49.1 Å². The van der Waals surface area contributed by atoms with Crippen molar-refractivity contribution in [2.24, 2.45) is 0 Å². The highest BCUT2D eigenvalue weighted by Crippen LogP contribution is 2.38. The number of ether oxygens (including phenoxy) is 2. The van der Waals surface area contributed by atoms with Crippen molar-refractivity contribution < 1.29 is 33.6 Å². The van der Waals surface area contributed by atoms with Crippen molar-refractivity contribution in [1.82, 2.24) is 15.1 Å². The van der Waals surface area contributed by atoms with E-state index in [-0.39, 0.29) is 29.7 Å². The topological polar surface area (TPSA) is 155 Å². The van der Waals surface area contributed by atoms with Crippen molar-refractivity contribution >= 4 is 52.3 Å². The first-order valence-electron chi connectivity index (χ1n) is 21.5. The summed E-state index contributed by atoms with van der Waals surface area (Å²) in [4.78, 5) is 70.8. The molecule has 0 aromatic heterocycles. The summed E-state index contributed by atoms with van der Waals surface area (Å²) < 4.78 is 12.4. The van der Waals surface area contributed by atoms with Gasteiger partial charge in [-0.25, -0.2) is 0 Å². The monoisotopic (exact) mass is 848 g/mol. The number of allylic oxidation sites excluding steroid dienone is 3. The summed E-state index contributed by atoms with van der Waals surface area (Å²) in [5, 5.41) is 13.6. The Hall–Kier alpha value is -6.90. The van der Waals surface area contributed by atoms with E-state index in [1.54, 1.807) is 41.3 Å². The Kier molecular flexibility index (Phi) is 11.7. The van der Waals surface area contributed by atoms with Crippen LogP contribution >= 0.6 is 0 Å². The molecule has 1 unspecified atom stereocenters. The van der Waals surface area contributed by atoms with Crippen LogP contribution in [0.1, 0.15) is 69.5 Å².